The molecule has 0 atom stereocenters. The van der Waals surface area contributed by atoms with Crippen molar-refractivity contribution in [3.63, 3.8) is 0 Å². The van der Waals surface area contributed by atoms with Gasteiger partial charge in [-0.25, -0.2) is 4.79 Å². The summed E-state index contributed by atoms with van der Waals surface area (Å²) in [5.74, 6) is -0.185. The summed E-state index contributed by atoms with van der Waals surface area (Å²) in [6, 6.07) is 10.8. The first-order chi connectivity index (χ1) is 13.2. The number of hydrogen-bond donors (Lipinski definition) is 0. The third kappa shape index (κ3) is 4.00. The summed E-state index contributed by atoms with van der Waals surface area (Å²) in [5.41, 5.74) is 3.13. The number of fused-ring (bicyclic) bond motifs is 1. The molecule has 3 aromatic rings. The number of nitrogens with zero attached hydrogens (tertiary/aromatic N) is 2. The lowest BCUT2D eigenvalue weighted by Gasteiger charge is -2.16. The maximum atomic E-state index is 12.4. The quantitative estimate of drug-likeness (QED) is 0.495. The molecular weight excluding hydrogens is 344 g/mol. The first kappa shape index (κ1) is 17.3. The first-order valence-electron chi connectivity index (χ1n) is 9.07. The Hall–Kier alpha value is -3.15. The van der Waals surface area contributed by atoms with Crippen molar-refractivity contribution in [3.8, 4) is 0 Å². The highest BCUT2D eigenvalue weighted by molar-refractivity contribution is 5.99. The smallest absolute Gasteiger partial charge is 0.374 e. The maximum absolute atomic E-state index is 12.4. The van der Waals surface area contributed by atoms with Gasteiger partial charge in [-0.1, -0.05) is 12.1 Å². The van der Waals surface area contributed by atoms with Crippen molar-refractivity contribution in [2.45, 2.75) is 32.2 Å². The fourth-order valence-electron chi connectivity index (χ4n) is 3.32. The topological polar surface area (TPSA) is 74.3 Å². The number of furan rings is 1. The van der Waals surface area contributed by atoms with Crippen molar-refractivity contribution >= 4 is 11.8 Å². The van der Waals surface area contributed by atoms with E-state index in [1.807, 2.05) is 24.3 Å². The van der Waals surface area contributed by atoms with Gasteiger partial charge in [0.15, 0.2) is 12.4 Å². The van der Waals surface area contributed by atoms with Crippen LogP contribution in [0.15, 0.2) is 53.2 Å². The standard InChI is InChI=1S/C21H20N2O4/c24-19(17-7-6-15-4-1-2-5-16(15)12-17)14-26-21(25)20-9-8-18(27-20)13-23-11-3-10-22-23/h3,6-12H,1-2,4-5,13-14H2. The second kappa shape index (κ2) is 7.61. The molecule has 0 saturated heterocycles. The van der Waals surface area contributed by atoms with Gasteiger partial charge in [0.1, 0.15) is 5.76 Å². The highest BCUT2D eigenvalue weighted by Gasteiger charge is 2.17. The fourth-order valence-corrected chi connectivity index (χ4v) is 3.32. The monoisotopic (exact) mass is 364 g/mol. The van der Waals surface area contributed by atoms with Crippen LogP contribution in [0.25, 0.3) is 0 Å². The van der Waals surface area contributed by atoms with Crippen molar-refractivity contribution in [1.29, 1.82) is 0 Å². The molecule has 6 nitrogen and oxygen atoms in total. The van der Waals surface area contributed by atoms with E-state index in [4.69, 9.17) is 9.15 Å². The number of benzene rings is 1. The Bertz CT molecular complexity index is 956. The predicted molar refractivity (Wildman–Crippen MR) is 97.7 cm³/mol. The first-order valence-corrected chi connectivity index (χ1v) is 9.07. The lowest BCUT2D eigenvalue weighted by Crippen LogP contribution is -2.15. The van der Waals surface area contributed by atoms with E-state index in [0.29, 0.717) is 17.9 Å². The molecule has 0 N–H and O–H groups in total. The van der Waals surface area contributed by atoms with Gasteiger partial charge in [0, 0.05) is 18.0 Å². The van der Waals surface area contributed by atoms with E-state index >= 15 is 0 Å². The van der Waals surface area contributed by atoms with Gasteiger partial charge < -0.3 is 9.15 Å². The van der Waals surface area contributed by atoms with Gasteiger partial charge in [0.25, 0.3) is 0 Å². The minimum atomic E-state index is -0.645. The SMILES string of the molecule is O=C(COC(=O)c1ccc(Cn2cccn2)o1)c1ccc2c(c1)CCCC2. The predicted octanol–water partition coefficient (Wildman–Crippen LogP) is 3.44. The molecule has 2 aromatic heterocycles. The highest BCUT2D eigenvalue weighted by Crippen LogP contribution is 2.22. The Morgan fingerprint density at radius 2 is 1.96 bits per heavy atom. The van der Waals surface area contributed by atoms with Gasteiger partial charge in [-0.3, -0.25) is 9.48 Å². The van der Waals surface area contributed by atoms with E-state index in [1.165, 1.54) is 17.5 Å². The zero-order chi connectivity index (χ0) is 18.6. The molecule has 4 rings (SSSR count). The Balaban J connectivity index is 1.35. The normalized spacial score (nSPS) is 13.2. The summed E-state index contributed by atoms with van der Waals surface area (Å²) in [6.07, 6.45) is 7.89. The number of aryl methyl sites for hydroxylation is 2. The van der Waals surface area contributed by atoms with Crippen molar-refractivity contribution in [3.05, 3.63) is 77.0 Å². The number of carbonyl (C=O) groups excluding carboxylic acids is 2. The van der Waals surface area contributed by atoms with Crippen molar-refractivity contribution < 1.29 is 18.7 Å². The summed E-state index contributed by atoms with van der Waals surface area (Å²) in [6.45, 7) is 0.126. The third-order valence-electron chi connectivity index (χ3n) is 4.74. The Kier molecular flexibility index (Phi) is 4.87. The van der Waals surface area contributed by atoms with Crippen LogP contribution in [-0.4, -0.2) is 28.1 Å². The summed E-state index contributed by atoms with van der Waals surface area (Å²) in [7, 11) is 0. The highest BCUT2D eigenvalue weighted by atomic mass is 16.5. The molecule has 1 aromatic carbocycles. The molecule has 0 radical (unpaired) electrons. The number of rotatable bonds is 6. The Labute approximate surface area is 156 Å². The molecule has 138 valence electrons. The van der Waals surface area contributed by atoms with Gasteiger partial charge >= 0.3 is 5.97 Å². The Morgan fingerprint density at radius 1 is 1.11 bits per heavy atom. The number of carbonyl (C=O) groups is 2. The molecule has 0 unspecified atom stereocenters. The molecule has 1 aliphatic carbocycles. The summed E-state index contributed by atoms with van der Waals surface area (Å²) >= 11 is 0. The Morgan fingerprint density at radius 3 is 2.78 bits per heavy atom. The van der Waals surface area contributed by atoms with E-state index < -0.39 is 5.97 Å². The van der Waals surface area contributed by atoms with Crippen LogP contribution in [0.4, 0.5) is 0 Å². The fraction of sp³-hybridized carbons (Fsp3) is 0.286. The zero-order valence-corrected chi connectivity index (χ0v) is 14.9. The average Bonchev–Trinajstić information content (AvgIpc) is 3.38. The largest absolute Gasteiger partial charge is 0.452 e. The van der Waals surface area contributed by atoms with Gasteiger partial charge in [-0.15, -0.1) is 0 Å². The lowest BCUT2D eigenvalue weighted by atomic mass is 9.90. The van der Waals surface area contributed by atoms with E-state index in [1.54, 1.807) is 29.2 Å². The van der Waals surface area contributed by atoms with Gasteiger partial charge in [-0.05, 0) is 61.1 Å². The molecule has 0 bridgehead atoms. The molecule has 0 amide bonds. The summed E-state index contributed by atoms with van der Waals surface area (Å²) in [5, 5.41) is 4.09. The van der Waals surface area contributed by atoms with Crippen molar-refractivity contribution in [2.24, 2.45) is 0 Å². The molecular formula is C21H20N2O4. The van der Waals surface area contributed by atoms with E-state index in [0.717, 1.165) is 19.3 Å². The number of Topliss-reactive ketones (excluding diaryl/α,β-unsaturated/α-hetero) is 1. The van der Waals surface area contributed by atoms with Crippen molar-refractivity contribution in [1.82, 2.24) is 9.78 Å². The van der Waals surface area contributed by atoms with Crippen LogP contribution in [0.1, 0.15) is 50.6 Å². The van der Waals surface area contributed by atoms with E-state index in [2.05, 4.69) is 5.10 Å². The molecule has 2 heterocycles. The average molecular weight is 364 g/mol. The molecule has 0 spiro atoms. The third-order valence-corrected chi connectivity index (χ3v) is 4.74. The number of ketones is 1. The van der Waals surface area contributed by atoms with E-state index in [-0.39, 0.29) is 18.2 Å². The van der Waals surface area contributed by atoms with Crippen LogP contribution < -0.4 is 0 Å². The molecule has 0 fully saturated rings. The van der Waals surface area contributed by atoms with Crippen LogP contribution in [0.2, 0.25) is 0 Å². The van der Waals surface area contributed by atoms with E-state index in [9.17, 15) is 9.59 Å². The van der Waals surface area contributed by atoms with Gasteiger partial charge in [-0.2, -0.15) is 5.10 Å². The van der Waals surface area contributed by atoms with Crippen molar-refractivity contribution in [2.75, 3.05) is 6.61 Å². The molecule has 27 heavy (non-hydrogen) atoms. The zero-order valence-electron chi connectivity index (χ0n) is 14.9. The molecule has 6 heteroatoms. The minimum absolute atomic E-state index is 0.0791. The number of hydrogen-bond acceptors (Lipinski definition) is 5. The summed E-state index contributed by atoms with van der Waals surface area (Å²) < 4.78 is 12.3. The van der Waals surface area contributed by atoms with Crippen LogP contribution in [0, 0.1) is 0 Å². The number of esters is 1. The van der Waals surface area contributed by atoms with Gasteiger partial charge in [0.2, 0.25) is 5.76 Å². The number of aromatic nitrogens is 2. The van der Waals surface area contributed by atoms with Gasteiger partial charge in [0.05, 0.1) is 6.54 Å². The number of ether oxygens (including phenoxy) is 1. The lowest BCUT2D eigenvalue weighted by molar-refractivity contribution is 0.0442. The van der Waals surface area contributed by atoms with Crippen LogP contribution in [0.5, 0.6) is 0 Å². The molecule has 0 saturated carbocycles. The van der Waals surface area contributed by atoms with Crippen LogP contribution in [0.3, 0.4) is 0 Å². The van der Waals surface area contributed by atoms with Crippen LogP contribution >= 0.6 is 0 Å². The minimum Gasteiger partial charge on any atom is -0.452 e. The second-order valence-electron chi connectivity index (χ2n) is 6.66. The molecule has 0 aliphatic heterocycles. The maximum Gasteiger partial charge on any atom is 0.374 e. The van der Waals surface area contributed by atoms with Crippen LogP contribution in [-0.2, 0) is 24.1 Å². The molecule has 1 aliphatic rings. The summed E-state index contributed by atoms with van der Waals surface area (Å²) in [4.78, 5) is 24.5. The second-order valence-corrected chi connectivity index (χ2v) is 6.66.